The normalized spacial score (nSPS) is 19.6. The van der Waals surface area contributed by atoms with E-state index in [0.29, 0.717) is 13.1 Å². The average Bonchev–Trinajstić information content (AvgIpc) is 2.13. The largest absolute Gasteiger partial charge is 0.354 e. The molecule has 1 rings (SSSR count). The molecule has 0 aliphatic carbocycles. The molecule has 0 unspecified atom stereocenters. The van der Waals surface area contributed by atoms with Crippen LogP contribution >= 0.6 is 0 Å². The van der Waals surface area contributed by atoms with Crippen molar-refractivity contribution in [2.45, 2.75) is 6.42 Å². The quantitative estimate of drug-likeness (QED) is 0.502. The first-order valence-electron chi connectivity index (χ1n) is 3.22. The summed E-state index contributed by atoms with van der Waals surface area (Å²) in [7, 11) is 0. The monoisotopic (exact) mass is 141 g/mol. The molecule has 0 bridgehead atoms. The van der Waals surface area contributed by atoms with Gasteiger partial charge in [-0.1, -0.05) is 0 Å². The smallest absolute Gasteiger partial charge is 0.312 e. The summed E-state index contributed by atoms with van der Waals surface area (Å²) in [6, 6.07) is 0. The molecule has 2 amide bonds. The predicted octanol–water partition coefficient (Wildman–Crippen LogP) is -1.12. The molecule has 4 heteroatoms. The molecule has 1 heterocycles. The third-order valence-electron chi connectivity index (χ3n) is 1.39. The molecule has 4 nitrogen and oxygen atoms in total. The van der Waals surface area contributed by atoms with Gasteiger partial charge in [0.1, 0.15) is 0 Å². The third kappa shape index (κ3) is 1.72. The van der Waals surface area contributed by atoms with E-state index in [2.05, 4.69) is 5.32 Å². The minimum atomic E-state index is -0.0964. The van der Waals surface area contributed by atoms with Gasteiger partial charge in [-0.25, -0.2) is 0 Å². The summed E-state index contributed by atoms with van der Waals surface area (Å²) >= 11 is 0. The molecule has 1 radical (unpaired) electrons. The van der Waals surface area contributed by atoms with Gasteiger partial charge < -0.3 is 10.2 Å². The Labute approximate surface area is 59.2 Å². The Balaban J connectivity index is 2.45. The van der Waals surface area contributed by atoms with E-state index in [1.165, 1.54) is 4.90 Å². The second-order valence-electron chi connectivity index (χ2n) is 2.22. The number of carbonyl (C=O) groups is 1. The van der Waals surface area contributed by atoms with Crippen LogP contribution in [0.25, 0.3) is 0 Å². The van der Waals surface area contributed by atoms with E-state index in [9.17, 15) is 9.59 Å². The molecule has 0 aromatic rings. The van der Waals surface area contributed by atoms with Crippen molar-refractivity contribution < 1.29 is 9.59 Å². The van der Waals surface area contributed by atoms with E-state index < -0.39 is 0 Å². The highest BCUT2D eigenvalue weighted by atomic mass is 16.2. The fraction of sp³-hybridized carbons (Fsp3) is 0.667. The summed E-state index contributed by atoms with van der Waals surface area (Å²) in [5.74, 6) is -0.0964. The van der Waals surface area contributed by atoms with Crippen molar-refractivity contribution >= 4 is 12.3 Å². The SMILES string of the molecule is O=[C]N1CCCNC(=O)C1. The summed E-state index contributed by atoms with van der Waals surface area (Å²) < 4.78 is 0. The fourth-order valence-electron chi connectivity index (χ4n) is 0.884. The highest BCUT2D eigenvalue weighted by Gasteiger charge is 2.12. The van der Waals surface area contributed by atoms with Crippen LogP contribution in [-0.4, -0.2) is 36.9 Å². The van der Waals surface area contributed by atoms with Crippen LogP contribution in [-0.2, 0) is 9.59 Å². The highest BCUT2D eigenvalue weighted by molar-refractivity contribution is 5.80. The van der Waals surface area contributed by atoms with Gasteiger partial charge in [0.05, 0.1) is 6.54 Å². The van der Waals surface area contributed by atoms with Crippen LogP contribution in [0.4, 0.5) is 0 Å². The Morgan fingerprint density at radius 2 is 2.40 bits per heavy atom. The number of nitrogens with zero attached hydrogens (tertiary/aromatic N) is 1. The average molecular weight is 141 g/mol. The summed E-state index contributed by atoms with van der Waals surface area (Å²) in [4.78, 5) is 22.1. The molecule has 0 saturated carbocycles. The van der Waals surface area contributed by atoms with Crippen molar-refractivity contribution in [3.05, 3.63) is 0 Å². The lowest BCUT2D eigenvalue weighted by Crippen LogP contribution is -2.31. The van der Waals surface area contributed by atoms with Crippen molar-refractivity contribution in [3.63, 3.8) is 0 Å². The third-order valence-corrected chi connectivity index (χ3v) is 1.39. The predicted molar refractivity (Wildman–Crippen MR) is 34.9 cm³/mol. The molecule has 55 valence electrons. The lowest BCUT2D eigenvalue weighted by atomic mass is 10.4. The molecule has 1 aliphatic heterocycles. The number of carbonyl (C=O) groups excluding carboxylic acids is 2. The Morgan fingerprint density at radius 3 is 3.10 bits per heavy atom. The Kier molecular flexibility index (Phi) is 2.25. The molecule has 1 N–H and O–H groups in total. The Bertz CT molecular complexity index is 147. The summed E-state index contributed by atoms with van der Waals surface area (Å²) in [5, 5.41) is 2.65. The van der Waals surface area contributed by atoms with Gasteiger partial charge in [-0.2, -0.15) is 0 Å². The first-order valence-corrected chi connectivity index (χ1v) is 3.22. The van der Waals surface area contributed by atoms with E-state index >= 15 is 0 Å². The van der Waals surface area contributed by atoms with E-state index in [-0.39, 0.29) is 12.5 Å². The Hall–Kier alpha value is -1.06. The molecule has 0 aromatic heterocycles. The maximum absolute atomic E-state index is 10.7. The highest BCUT2D eigenvalue weighted by Crippen LogP contribution is 1.91. The van der Waals surface area contributed by atoms with Crippen LogP contribution in [0.2, 0.25) is 0 Å². The minimum Gasteiger partial charge on any atom is -0.354 e. The van der Waals surface area contributed by atoms with Gasteiger partial charge in [-0.3, -0.25) is 9.59 Å². The van der Waals surface area contributed by atoms with Crippen molar-refractivity contribution in [2.75, 3.05) is 19.6 Å². The number of hydrogen-bond acceptors (Lipinski definition) is 2. The number of nitrogens with one attached hydrogen (secondary N) is 1. The van der Waals surface area contributed by atoms with E-state index in [4.69, 9.17) is 0 Å². The second-order valence-corrected chi connectivity index (χ2v) is 2.22. The van der Waals surface area contributed by atoms with Crippen LogP contribution in [0.5, 0.6) is 0 Å². The summed E-state index contributed by atoms with van der Waals surface area (Å²) in [5.41, 5.74) is 0. The van der Waals surface area contributed by atoms with Crippen LogP contribution in [0.1, 0.15) is 6.42 Å². The van der Waals surface area contributed by atoms with Gasteiger partial charge in [0.15, 0.2) is 0 Å². The van der Waals surface area contributed by atoms with Gasteiger partial charge in [0.25, 0.3) is 0 Å². The number of hydrogen-bond donors (Lipinski definition) is 1. The maximum Gasteiger partial charge on any atom is 0.312 e. The summed E-state index contributed by atoms with van der Waals surface area (Å²) in [6.07, 6.45) is 2.52. The van der Waals surface area contributed by atoms with Gasteiger partial charge in [0.2, 0.25) is 5.91 Å². The molecular formula is C6H9N2O2. The van der Waals surface area contributed by atoms with E-state index in [1.807, 2.05) is 0 Å². The van der Waals surface area contributed by atoms with Crippen molar-refractivity contribution in [3.8, 4) is 0 Å². The zero-order chi connectivity index (χ0) is 7.40. The molecule has 1 fully saturated rings. The van der Waals surface area contributed by atoms with E-state index in [1.54, 1.807) is 6.41 Å². The molecule has 1 aliphatic rings. The van der Waals surface area contributed by atoms with Crippen LogP contribution < -0.4 is 5.32 Å². The van der Waals surface area contributed by atoms with E-state index in [0.717, 1.165) is 6.42 Å². The zero-order valence-corrected chi connectivity index (χ0v) is 5.59. The first kappa shape index (κ1) is 7.05. The standard InChI is InChI=1S/C6H9N2O2/c9-5-8-3-1-2-7-6(10)4-8/h1-4H2,(H,7,10). The van der Waals surface area contributed by atoms with Crippen LogP contribution in [0.3, 0.4) is 0 Å². The Morgan fingerprint density at radius 1 is 1.60 bits per heavy atom. The molecular weight excluding hydrogens is 132 g/mol. The molecule has 1 saturated heterocycles. The minimum absolute atomic E-state index is 0.0964. The molecule has 10 heavy (non-hydrogen) atoms. The molecule has 0 spiro atoms. The fourth-order valence-corrected chi connectivity index (χ4v) is 0.884. The van der Waals surface area contributed by atoms with Gasteiger partial charge in [-0.05, 0) is 6.42 Å². The van der Waals surface area contributed by atoms with Gasteiger partial charge in [0, 0.05) is 13.1 Å². The van der Waals surface area contributed by atoms with Crippen molar-refractivity contribution in [1.29, 1.82) is 0 Å². The maximum atomic E-state index is 10.7. The lowest BCUT2D eigenvalue weighted by Gasteiger charge is -2.08. The molecule has 0 atom stereocenters. The van der Waals surface area contributed by atoms with Gasteiger partial charge in [-0.15, -0.1) is 0 Å². The molecule has 0 aromatic carbocycles. The summed E-state index contributed by atoms with van der Waals surface area (Å²) in [6.45, 7) is 1.45. The topological polar surface area (TPSA) is 49.4 Å². The first-order chi connectivity index (χ1) is 4.83. The lowest BCUT2D eigenvalue weighted by molar-refractivity contribution is -0.120. The van der Waals surface area contributed by atoms with Gasteiger partial charge >= 0.3 is 6.41 Å². The second kappa shape index (κ2) is 3.20. The number of amides is 2. The van der Waals surface area contributed by atoms with Crippen LogP contribution in [0.15, 0.2) is 0 Å². The zero-order valence-electron chi connectivity index (χ0n) is 5.59. The van der Waals surface area contributed by atoms with Crippen molar-refractivity contribution in [1.82, 2.24) is 10.2 Å². The van der Waals surface area contributed by atoms with Crippen LogP contribution in [0, 0.1) is 0 Å². The van der Waals surface area contributed by atoms with Crippen molar-refractivity contribution in [2.24, 2.45) is 0 Å². The number of rotatable bonds is 1.